The number of nitrogens with zero attached hydrogens (tertiary/aromatic N) is 1. The minimum absolute atomic E-state index is 0.106. The van der Waals surface area contributed by atoms with Crippen LogP contribution in [-0.4, -0.2) is 62.9 Å². The van der Waals surface area contributed by atoms with E-state index in [4.69, 9.17) is 9.47 Å². The van der Waals surface area contributed by atoms with Gasteiger partial charge in [-0.1, -0.05) is 0 Å². The molecule has 20 heavy (non-hydrogen) atoms. The molecule has 2 unspecified atom stereocenters. The second kappa shape index (κ2) is 10.1. The van der Waals surface area contributed by atoms with E-state index in [-0.39, 0.29) is 11.8 Å². The molecule has 1 aliphatic heterocycles. The fraction of sp³-hybridized carbons (Fsp3) is 0.933. The number of carbonyl (C=O) groups is 1. The third-order valence-corrected chi connectivity index (χ3v) is 3.74. The molecule has 1 heterocycles. The van der Waals surface area contributed by atoms with E-state index in [1.807, 2.05) is 18.7 Å². The Morgan fingerprint density at radius 3 is 2.20 bits per heavy atom. The van der Waals surface area contributed by atoms with Gasteiger partial charge in [-0.05, 0) is 33.6 Å². The van der Waals surface area contributed by atoms with Crippen LogP contribution in [0, 0.1) is 5.92 Å². The quantitative estimate of drug-likeness (QED) is 0.649. The van der Waals surface area contributed by atoms with Gasteiger partial charge in [-0.25, -0.2) is 0 Å². The predicted octanol–water partition coefficient (Wildman–Crippen LogP) is 1.28. The van der Waals surface area contributed by atoms with Gasteiger partial charge in [0.25, 0.3) is 0 Å². The van der Waals surface area contributed by atoms with Crippen molar-refractivity contribution in [1.82, 2.24) is 10.2 Å². The second-order valence-corrected chi connectivity index (χ2v) is 5.30. The van der Waals surface area contributed by atoms with Gasteiger partial charge in [-0.2, -0.15) is 0 Å². The van der Waals surface area contributed by atoms with Crippen molar-refractivity contribution < 1.29 is 14.3 Å². The molecule has 2 atom stereocenters. The summed E-state index contributed by atoms with van der Waals surface area (Å²) in [6.07, 6.45) is 2.05. The summed E-state index contributed by atoms with van der Waals surface area (Å²) in [5.41, 5.74) is 0. The maximum Gasteiger partial charge on any atom is 0.227 e. The Balaban J connectivity index is 2.44. The van der Waals surface area contributed by atoms with Gasteiger partial charge in [0.05, 0.1) is 19.1 Å². The lowest BCUT2D eigenvalue weighted by Gasteiger charge is -2.31. The van der Waals surface area contributed by atoms with Crippen LogP contribution >= 0.6 is 0 Å². The van der Waals surface area contributed by atoms with E-state index in [0.717, 1.165) is 19.4 Å². The summed E-state index contributed by atoms with van der Waals surface area (Å²) in [5.74, 6) is 0.346. The molecule has 0 saturated carbocycles. The topological polar surface area (TPSA) is 50.8 Å². The van der Waals surface area contributed by atoms with Crippen LogP contribution in [0.25, 0.3) is 0 Å². The first-order valence-corrected chi connectivity index (χ1v) is 7.86. The first-order chi connectivity index (χ1) is 9.69. The van der Waals surface area contributed by atoms with E-state index in [0.29, 0.717) is 45.6 Å². The number of nitrogens with one attached hydrogen (secondary N) is 1. The highest BCUT2D eigenvalue weighted by Gasteiger charge is 2.27. The molecule has 0 aromatic heterocycles. The summed E-state index contributed by atoms with van der Waals surface area (Å²) >= 11 is 0. The number of piperidine rings is 1. The van der Waals surface area contributed by atoms with Crippen molar-refractivity contribution >= 4 is 5.91 Å². The average molecular weight is 286 g/mol. The molecule has 0 aromatic rings. The lowest BCUT2D eigenvalue weighted by molar-refractivity contribution is -0.137. The molecule has 1 aliphatic rings. The first-order valence-electron chi connectivity index (χ1n) is 7.86. The highest BCUT2D eigenvalue weighted by Crippen LogP contribution is 2.16. The normalized spacial score (nSPS) is 22.8. The molecule has 1 rings (SSSR count). The number of hydrogen-bond donors (Lipinski definition) is 1. The van der Waals surface area contributed by atoms with E-state index in [9.17, 15) is 4.79 Å². The van der Waals surface area contributed by atoms with Gasteiger partial charge in [-0.3, -0.25) is 4.79 Å². The Bertz CT molecular complexity index is 256. The Morgan fingerprint density at radius 2 is 1.75 bits per heavy atom. The van der Waals surface area contributed by atoms with Gasteiger partial charge in [-0.15, -0.1) is 0 Å². The van der Waals surface area contributed by atoms with Crippen molar-refractivity contribution in [3.63, 3.8) is 0 Å². The zero-order chi connectivity index (χ0) is 14.8. The number of rotatable bonds is 9. The minimum atomic E-state index is 0.106. The van der Waals surface area contributed by atoms with Crippen LogP contribution in [-0.2, 0) is 14.3 Å². The molecule has 1 saturated heterocycles. The standard InChI is InChI=1S/C15H30N2O3/c1-4-19-10-8-17(9-11-20-5-2)15(18)14-7-6-13(3)16-12-14/h13-14,16H,4-12H2,1-3H3. The monoisotopic (exact) mass is 286 g/mol. The van der Waals surface area contributed by atoms with Crippen LogP contribution in [0.4, 0.5) is 0 Å². The van der Waals surface area contributed by atoms with Crippen molar-refractivity contribution in [2.75, 3.05) is 46.1 Å². The fourth-order valence-corrected chi connectivity index (χ4v) is 2.44. The van der Waals surface area contributed by atoms with E-state index in [1.165, 1.54) is 0 Å². The molecular formula is C15H30N2O3. The zero-order valence-corrected chi connectivity index (χ0v) is 13.2. The third kappa shape index (κ3) is 6.20. The lowest BCUT2D eigenvalue weighted by atomic mass is 9.94. The first kappa shape index (κ1) is 17.4. The molecule has 0 aromatic carbocycles. The van der Waals surface area contributed by atoms with Crippen LogP contribution in [0.1, 0.15) is 33.6 Å². The van der Waals surface area contributed by atoms with Crippen molar-refractivity contribution in [3.05, 3.63) is 0 Å². The number of hydrogen-bond acceptors (Lipinski definition) is 4. The predicted molar refractivity (Wildman–Crippen MR) is 79.8 cm³/mol. The zero-order valence-electron chi connectivity index (χ0n) is 13.2. The van der Waals surface area contributed by atoms with E-state index >= 15 is 0 Å². The largest absolute Gasteiger partial charge is 0.380 e. The van der Waals surface area contributed by atoms with Crippen LogP contribution in [0.15, 0.2) is 0 Å². The smallest absolute Gasteiger partial charge is 0.227 e. The number of amides is 1. The van der Waals surface area contributed by atoms with Crippen LogP contribution in [0.5, 0.6) is 0 Å². The Morgan fingerprint density at radius 1 is 1.15 bits per heavy atom. The lowest BCUT2D eigenvalue weighted by Crippen LogP contribution is -2.47. The van der Waals surface area contributed by atoms with Crippen LogP contribution in [0.3, 0.4) is 0 Å². The SMILES string of the molecule is CCOCCN(CCOCC)C(=O)C1CCC(C)NC1. The van der Waals surface area contributed by atoms with Crippen molar-refractivity contribution in [1.29, 1.82) is 0 Å². The second-order valence-electron chi connectivity index (χ2n) is 5.30. The van der Waals surface area contributed by atoms with Crippen molar-refractivity contribution in [3.8, 4) is 0 Å². The summed E-state index contributed by atoms with van der Waals surface area (Å²) in [5, 5.41) is 3.39. The minimum Gasteiger partial charge on any atom is -0.380 e. The fourth-order valence-electron chi connectivity index (χ4n) is 2.44. The summed E-state index contributed by atoms with van der Waals surface area (Å²) in [6.45, 7) is 10.8. The van der Waals surface area contributed by atoms with Gasteiger partial charge < -0.3 is 19.7 Å². The van der Waals surface area contributed by atoms with Crippen LogP contribution < -0.4 is 5.32 Å². The van der Waals surface area contributed by atoms with Crippen LogP contribution in [0.2, 0.25) is 0 Å². The number of carbonyl (C=O) groups excluding carboxylic acids is 1. The Labute approximate surface area is 123 Å². The van der Waals surface area contributed by atoms with Gasteiger partial charge in [0.1, 0.15) is 0 Å². The summed E-state index contributed by atoms with van der Waals surface area (Å²) in [6, 6.07) is 0.527. The molecule has 0 aliphatic carbocycles. The van der Waals surface area contributed by atoms with Gasteiger partial charge in [0, 0.05) is 38.9 Å². The van der Waals surface area contributed by atoms with Gasteiger partial charge in [0.2, 0.25) is 5.91 Å². The molecule has 1 N–H and O–H groups in total. The molecule has 5 heteroatoms. The van der Waals surface area contributed by atoms with Gasteiger partial charge >= 0.3 is 0 Å². The van der Waals surface area contributed by atoms with Crippen molar-refractivity contribution in [2.45, 2.75) is 39.7 Å². The molecule has 0 radical (unpaired) electrons. The highest BCUT2D eigenvalue weighted by atomic mass is 16.5. The molecule has 118 valence electrons. The molecule has 1 fully saturated rings. The summed E-state index contributed by atoms with van der Waals surface area (Å²) in [7, 11) is 0. The highest BCUT2D eigenvalue weighted by molar-refractivity contribution is 5.79. The third-order valence-electron chi connectivity index (χ3n) is 3.74. The Hall–Kier alpha value is -0.650. The Kier molecular flexibility index (Phi) is 8.82. The van der Waals surface area contributed by atoms with Crippen molar-refractivity contribution in [2.24, 2.45) is 5.92 Å². The van der Waals surface area contributed by atoms with E-state index in [2.05, 4.69) is 12.2 Å². The summed E-state index contributed by atoms with van der Waals surface area (Å²) < 4.78 is 10.7. The van der Waals surface area contributed by atoms with Gasteiger partial charge in [0.15, 0.2) is 0 Å². The van der Waals surface area contributed by atoms with E-state index in [1.54, 1.807) is 0 Å². The molecule has 1 amide bonds. The maximum atomic E-state index is 12.6. The van der Waals surface area contributed by atoms with E-state index < -0.39 is 0 Å². The molecule has 0 spiro atoms. The summed E-state index contributed by atoms with van der Waals surface area (Å²) in [4.78, 5) is 14.5. The molecule has 5 nitrogen and oxygen atoms in total. The molecule has 0 bridgehead atoms. The maximum absolute atomic E-state index is 12.6. The average Bonchev–Trinajstić information content (AvgIpc) is 2.46. The number of ether oxygens (including phenoxy) is 2. The molecular weight excluding hydrogens is 256 g/mol.